The van der Waals surface area contributed by atoms with E-state index in [-0.39, 0.29) is 11.7 Å². The number of benzene rings is 1. The van der Waals surface area contributed by atoms with Crippen molar-refractivity contribution >= 4 is 5.91 Å². The maximum Gasteiger partial charge on any atom is 0.387 e. The van der Waals surface area contributed by atoms with E-state index in [2.05, 4.69) is 4.74 Å². The monoisotopic (exact) mass is 342 g/mol. The first kappa shape index (κ1) is 18.6. The van der Waals surface area contributed by atoms with E-state index in [0.717, 1.165) is 18.4 Å². The van der Waals surface area contributed by atoms with Gasteiger partial charge in [-0.05, 0) is 37.0 Å². The Bertz CT molecular complexity index is 534. The number of halogens is 2. The minimum Gasteiger partial charge on any atom is -0.435 e. The first-order valence-electron chi connectivity index (χ1n) is 8.08. The molecule has 0 aliphatic carbocycles. The van der Waals surface area contributed by atoms with Crippen LogP contribution in [-0.4, -0.2) is 55.8 Å². The highest BCUT2D eigenvalue weighted by atomic mass is 19.3. The van der Waals surface area contributed by atoms with Crippen LogP contribution in [0, 0.1) is 0 Å². The third-order valence-corrected chi connectivity index (χ3v) is 4.37. The van der Waals surface area contributed by atoms with Gasteiger partial charge in [0.25, 0.3) is 0 Å². The summed E-state index contributed by atoms with van der Waals surface area (Å²) in [6, 6.07) is 6.84. The van der Waals surface area contributed by atoms with Crippen LogP contribution in [0.4, 0.5) is 8.78 Å². The van der Waals surface area contributed by atoms with Crippen LogP contribution in [0.3, 0.4) is 0 Å². The lowest BCUT2D eigenvalue weighted by Gasteiger charge is -2.35. The summed E-state index contributed by atoms with van der Waals surface area (Å²) in [5.74, 6) is 0.215. The molecule has 1 aromatic rings. The number of amides is 1. The number of likely N-dealkylation sites (tertiary alicyclic amines) is 1. The van der Waals surface area contributed by atoms with E-state index >= 15 is 0 Å². The lowest BCUT2D eigenvalue weighted by molar-refractivity contribution is -0.155. The van der Waals surface area contributed by atoms with Gasteiger partial charge in [-0.25, -0.2) is 0 Å². The lowest BCUT2D eigenvalue weighted by Crippen LogP contribution is -2.45. The Balaban J connectivity index is 1.79. The highest BCUT2D eigenvalue weighted by Gasteiger charge is 2.25. The molecule has 2 rings (SSSR count). The molecular weight excluding hydrogens is 318 g/mol. The quantitative estimate of drug-likeness (QED) is 0.715. The number of piperidine rings is 1. The molecule has 7 heteroatoms. The number of hydroxylamine groups is 2. The summed E-state index contributed by atoms with van der Waals surface area (Å²) in [4.78, 5) is 19.4. The number of ether oxygens (including phenoxy) is 1. The minimum atomic E-state index is -2.84. The van der Waals surface area contributed by atoms with Crippen LogP contribution in [-0.2, 0) is 16.1 Å². The number of carbonyl (C=O) groups excluding carboxylic acids is 1. The highest BCUT2D eigenvalue weighted by Crippen LogP contribution is 2.19. The van der Waals surface area contributed by atoms with Gasteiger partial charge in [0.05, 0.1) is 7.11 Å². The summed E-state index contributed by atoms with van der Waals surface area (Å²) in [7, 11) is 3.54. The van der Waals surface area contributed by atoms with Crippen molar-refractivity contribution in [1.82, 2.24) is 9.96 Å². The van der Waals surface area contributed by atoms with Gasteiger partial charge in [0.2, 0.25) is 5.91 Å². The van der Waals surface area contributed by atoms with Gasteiger partial charge in [-0.2, -0.15) is 13.8 Å². The molecule has 0 radical (unpaired) electrons. The summed E-state index contributed by atoms with van der Waals surface area (Å²) in [5, 5.41) is 1.83. The molecular formula is C17H24F2N2O3. The molecule has 0 atom stereocenters. The zero-order valence-electron chi connectivity index (χ0n) is 14.1. The average molecular weight is 342 g/mol. The fourth-order valence-electron chi connectivity index (χ4n) is 2.91. The molecule has 134 valence electrons. The molecule has 1 aliphatic heterocycles. The minimum absolute atomic E-state index is 0.0914. The number of aryl methyl sites for hydroxylation is 1. The number of hydrogen-bond acceptors (Lipinski definition) is 4. The van der Waals surface area contributed by atoms with Crippen molar-refractivity contribution in [2.24, 2.45) is 0 Å². The van der Waals surface area contributed by atoms with E-state index in [0.29, 0.717) is 32.0 Å². The van der Waals surface area contributed by atoms with Gasteiger partial charge in [-0.15, -0.1) is 0 Å². The van der Waals surface area contributed by atoms with E-state index < -0.39 is 6.61 Å². The van der Waals surface area contributed by atoms with Crippen molar-refractivity contribution in [1.29, 1.82) is 0 Å². The van der Waals surface area contributed by atoms with E-state index in [1.54, 1.807) is 19.2 Å². The molecule has 0 N–H and O–H groups in total. The smallest absolute Gasteiger partial charge is 0.387 e. The molecule has 1 saturated heterocycles. The molecule has 1 aliphatic rings. The Morgan fingerprint density at radius 3 is 2.71 bits per heavy atom. The molecule has 1 amide bonds. The van der Waals surface area contributed by atoms with Crippen LogP contribution in [0.1, 0.15) is 24.8 Å². The zero-order chi connectivity index (χ0) is 17.5. The van der Waals surface area contributed by atoms with Crippen molar-refractivity contribution in [3.05, 3.63) is 29.8 Å². The molecule has 1 heterocycles. The van der Waals surface area contributed by atoms with Crippen molar-refractivity contribution < 1.29 is 23.1 Å². The fraction of sp³-hybridized carbons (Fsp3) is 0.588. The summed E-state index contributed by atoms with van der Waals surface area (Å²) in [6.07, 6.45) is 2.64. The predicted molar refractivity (Wildman–Crippen MR) is 85.8 cm³/mol. The molecule has 0 unspecified atom stereocenters. The zero-order valence-corrected chi connectivity index (χ0v) is 14.1. The Morgan fingerprint density at radius 2 is 2.08 bits per heavy atom. The summed E-state index contributed by atoms with van der Waals surface area (Å²) in [6.45, 7) is -1.41. The van der Waals surface area contributed by atoms with Crippen molar-refractivity contribution in [2.75, 3.05) is 27.2 Å². The van der Waals surface area contributed by atoms with Crippen molar-refractivity contribution in [2.45, 2.75) is 38.3 Å². The molecule has 1 aromatic carbocycles. The number of alkyl halides is 2. The Labute approximate surface area is 141 Å². The first-order valence-corrected chi connectivity index (χ1v) is 8.08. The van der Waals surface area contributed by atoms with Crippen LogP contribution >= 0.6 is 0 Å². The second-order valence-electron chi connectivity index (χ2n) is 5.87. The maximum atomic E-state index is 12.3. The maximum absolute atomic E-state index is 12.3. The topological polar surface area (TPSA) is 42.0 Å². The molecule has 5 nitrogen and oxygen atoms in total. The standard InChI is InChI=1S/C17H24F2N2O3/c1-20(23-2)14-8-10-21(11-9-14)16(22)7-6-13-4-3-5-15(12-13)24-17(18)19/h3-5,12,14,17H,6-11H2,1-2H3. The Kier molecular flexibility index (Phi) is 6.93. The van der Waals surface area contributed by atoms with Crippen molar-refractivity contribution in [3.63, 3.8) is 0 Å². The third kappa shape index (κ3) is 5.42. The predicted octanol–water partition coefficient (Wildman–Crippen LogP) is 2.70. The van der Waals surface area contributed by atoms with Crippen LogP contribution in [0.15, 0.2) is 24.3 Å². The van der Waals surface area contributed by atoms with Crippen LogP contribution in [0.2, 0.25) is 0 Å². The van der Waals surface area contributed by atoms with E-state index in [1.165, 1.54) is 6.07 Å². The van der Waals surface area contributed by atoms with Gasteiger partial charge < -0.3 is 14.5 Å². The SMILES string of the molecule is CON(C)C1CCN(C(=O)CCc2cccc(OC(F)F)c2)CC1. The fourth-order valence-corrected chi connectivity index (χ4v) is 2.91. The number of rotatable bonds is 7. The Hall–Kier alpha value is -1.73. The second-order valence-corrected chi connectivity index (χ2v) is 5.87. The summed E-state index contributed by atoms with van der Waals surface area (Å²) >= 11 is 0. The summed E-state index contributed by atoms with van der Waals surface area (Å²) in [5.41, 5.74) is 0.815. The highest BCUT2D eigenvalue weighted by molar-refractivity contribution is 5.76. The van der Waals surface area contributed by atoms with Crippen molar-refractivity contribution in [3.8, 4) is 5.75 Å². The third-order valence-electron chi connectivity index (χ3n) is 4.37. The van der Waals surface area contributed by atoms with Crippen LogP contribution < -0.4 is 4.74 Å². The van der Waals surface area contributed by atoms with Crippen LogP contribution in [0.5, 0.6) is 5.75 Å². The average Bonchev–Trinajstić information content (AvgIpc) is 2.59. The number of carbonyl (C=O) groups is 1. The molecule has 24 heavy (non-hydrogen) atoms. The van der Waals surface area contributed by atoms with Gasteiger partial charge in [0.15, 0.2) is 0 Å². The van der Waals surface area contributed by atoms with Crippen LogP contribution in [0.25, 0.3) is 0 Å². The van der Waals surface area contributed by atoms with Gasteiger partial charge in [-0.3, -0.25) is 4.79 Å². The van der Waals surface area contributed by atoms with Gasteiger partial charge in [-0.1, -0.05) is 12.1 Å². The molecule has 0 aromatic heterocycles. The largest absolute Gasteiger partial charge is 0.435 e. The number of hydrogen-bond donors (Lipinski definition) is 0. The normalized spacial score (nSPS) is 16.0. The number of nitrogens with zero attached hydrogens (tertiary/aromatic N) is 2. The van der Waals surface area contributed by atoms with Gasteiger partial charge in [0.1, 0.15) is 5.75 Å². The molecule has 1 fully saturated rings. The molecule has 0 bridgehead atoms. The van der Waals surface area contributed by atoms with E-state index in [4.69, 9.17) is 4.84 Å². The first-order chi connectivity index (χ1) is 11.5. The molecule has 0 saturated carbocycles. The van der Waals surface area contributed by atoms with E-state index in [1.807, 2.05) is 23.1 Å². The lowest BCUT2D eigenvalue weighted by atomic mass is 10.0. The van der Waals surface area contributed by atoms with Gasteiger partial charge in [0, 0.05) is 32.6 Å². The van der Waals surface area contributed by atoms with E-state index in [9.17, 15) is 13.6 Å². The molecule has 0 spiro atoms. The Morgan fingerprint density at radius 1 is 1.38 bits per heavy atom. The second kappa shape index (κ2) is 8.94. The van der Waals surface area contributed by atoms with Gasteiger partial charge >= 0.3 is 6.61 Å². The summed E-state index contributed by atoms with van der Waals surface area (Å²) < 4.78 is 28.8.